The fraction of sp³-hybridized carbons (Fsp3) is 0.133. The fourth-order valence-corrected chi connectivity index (χ4v) is 2.43. The Balaban J connectivity index is 1.94. The molecule has 0 saturated carbocycles. The maximum atomic E-state index is 12.2. The van der Waals surface area contributed by atoms with Gasteiger partial charge in [-0.25, -0.2) is 14.2 Å². The molecule has 23 heavy (non-hydrogen) atoms. The second-order valence-corrected chi connectivity index (χ2v) is 5.52. The summed E-state index contributed by atoms with van der Waals surface area (Å²) in [6.45, 7) is 0. The number of nitriles is 1. The van der Waals surface area contributed by atoms with Crippen LogP contribution in [0.3, 0.4) is 0 Å². The van der Waals surface area contributed by atoms with Crippen molar-refractivity contribution in [1.82, 2.24) is 24.4 Å². The van der Waals surface area contributed by atoms with Crippen LogP contribution in [0.1, 0.15) is 16.8 Å². The van der Waals surface area contributed by atoms with Crippen molar-refractivity contribution in [2.75, 3.05) is 6.26 Å². The molecule has 0 radical (unpaired) electrons. The number of thioether (sulfide) groups is 1. The van der Waals surface area contributed by atoms with Crippen LogP contribution in [-0.4, -0.2) is 30.6 Å². The summed E-state index contributed by atoms with van der Waals surface area (Å²) in [5, 5.41) is 16.8. The number of rotatable bonds is 4. The Labute approximate surface area is 135 Å². The molecule has 0 amide bonds. The summed E-state index contributed by atoms with van der Waals surface area (Å²) in [6, 6.07) is 9.23. The minimum atomic E-state index is -0.269. The molecule has 0 aliphatic rings. The lowest BCUT2D eigenvalue weighted by molar-refractivity contribution is 0.598. The standard InChI is InChI=1S/C15H12N6OS/c1-23-10-21-15(22)20-9-17-13(14(20)18-19-21)7-6-11-2-4-12(8-16)5-3-11/h2-7,9H,10H2,1H3/b7-6+. The average Bonchev–Trinajstić information content (AvgIpc) is 3.00. The molecular formula is C15H12N6OS. The van der Waals surface area contributed by atoms with Gasteiger partial charge in [-0.3, -0.25) is 0 Å². The third-order valence-corrected chi connectivity index (χ3v) is 3.67. The molecule has 8 heteroatoms. The van der Waals surface area contributed by atoms with Crippen LogP contribution in [-0.2, 0) is 5.88 Å². The molecule has 0 atom stereocenters. The predicted molar refractivity (Wildman–Crippen MR) is 88.6 cm³/mol. The summed E-state index contributed by atoms with van der Waals surface area (Å²) >= 11 is 1.48. The van der Waals surface area contributed by atoms with Crippen LogP contribution in [0.5, 0.6) is 0 Å². The SMILES string of the molecule is CSCn1nnc2c(/C=C/c3ccc(C#N)cc3)ncn2c1=O. The highest BCUT2D eigenvalue weighted by atomic mass is 32.2. The van der Waals surface area contributed by atoms with Gasteiger partial charge in [0.05, 0.1) is 17.5 Å². The Bertz CT molecular complexity index is 964. The van der Waals surface area contributed by atoms with E-state index in [1.807, 2.05) is 24.5 Å². The molecule has 7 nitrogen and oxygen atoms in total. The summed E-state index contributed by atoms with van der Waals surface area (Å²) in [7, 11) is 0. The van der Waals surface area contributed by atoms with Crippen LogP contribution in [0.15, 0.2) is 35.4 Å². The van der Waals surface area contributed by atoms with Gasteiger partial charge in [0, 0.05) is 0 Å². The lowest BCUT2D eigenvalue weighted by atomic mass is 10.1. The number of hydrogen-bond donors (Lipinski definition) is 0. The molecule has 0 unspecified atom stereocenters. The van der Waals surface area contributed by atoms with Gasteiger partial charge >= 0.3 is 5.69 Å². The lowest BCUT2D eigenvalue weighted by Gasteiger charge is -2.00. The van der Waals surface area contributed by atoms with Crippen molar-refractivity contribution < 1.29 is 0 Å². The highest BCUT2D eigenvalue weighted by molar-refractivity contribution is 7.97. The number of imidazole rings is 1. The van der Waals surface area contributed by atoms with Gasteiger partial charge < -0.3 is 0 Å². The zero-order valence-corrected chi connectivity index (χ0v) is 13.1. The maximum absolute atomic E-state index is 12.2. The minimum Gasteiger partial charge on any atom is -0.245 e. The molecule has 0 bridgehead atoms. The van der Waals surface area contributed by atoms with Crippen LogP contribution >= 0.6 is 11.8 Å². The van der Waals surface area contributed by atoms with Gasteiger partial charge in [-0.15, -0.1) is 16.9 Å². The van der Waals surface area contributed by atoms with E-state index in [1.54, 1.807) is 18.2 Å². The van der Waals surface area contributed by atoms with E-state index in [4.69, 9.17) is 5.26 Å². The Morgan fingerprint density at radius 3 is 2.78 bits per heavy atom. The largest absolute Gasteiger partial charge is 0.353 e. The van der Waals surface area contributed by atoms with Crippen LogP contribution < -0.4 is 5.69 Å². The van der Waals surface area contributed by atoms with Crippen molar-refractivity contribution in [2.45, 2.75) is 5.88 Å². The molecule has 3 rings (SSSR count). The smallest absolute Gasteiger partial charge is 0.245 e. The van der Waals surface area contributed by atoms with Gasteiger partial charge in [-0.2, -0.15) is 9.94 Å². The lowest BCUT2D eigenvalue weighted by Crippen LogP contribution is -2.28. The second kappa shape index (κ2) is 6.46. The van der Waals surface area contributed by atoms with Gasteiger partial charge in [0.25, 0.3) is 0 Å². The zero-order chi connectivity index (χ0) is 16.2. The van der Waals surface area contributed by atoms with E-state index in [1.165, 1.54) is 27.2 Å². The first-order valence-corrected chi connectivity index (χ1v) is 8.10. The Morgan fingerprint density at radius 1 is 1.30 bits per heavy atom. The topological polar surface area (TPSA) is 88.9 Å². The van der Waals surface area contributed by atoms with Crippen molar-refractivity contribution in [3.05, 3.63) is 57.9 Å². The molecule has 2 aromatic heterocycles. The van der Waals surface area contributed by atoms with E-state index in [-0.39, 0.29) is 5.69 Å². The van der Waals surface area contributed by atoms with E-state index >= 15 is 0 Å². The first kappa shape index (κ1) is 15.0. The van der Waals surface area contributed by atoms with Crippen molar-refractivity contribution in [3.8, 4) is 6.07 Å². The average molecular weight is 324 g/mol. The Morgan fingerprint density at radius 2 is 2.09 bits per heavy atom. The number of nitrogens with zero attached hydrogens (tertiary/aromatic N) is 6. The Hall–Kier alpha value is -2.92. The molecule has 0 aliphatic carbocycles. The zero-order valence-electron chi connectivity index (χ0n) is 12.2. The number of fused-ring (bicyclic) bond motifs is 1. The van der Waals surface area contributed by atoms with Gasteiger partial charge in [0.2, 0.25) is 0 Å². The summed E-state index contributed by atoms with van der Waals surface area (Å²) in [4.78, 5) is 16.4. The highest BCUT2D eigenvalue weighted by Crippen LogP contribution is 2.10. The maximum Gasteiger partial charge on any atom is 0.353 e. The molecule has 1 aromatic carbocycles. The molecular weight excluding hydrogens is 312 g/mol. The summed E-state index contributed by atoms with van der Waals surface area (Å²) in [5.41, 5.74) is 2.24. The van der Waals surface area contributed by atoms with Gasteiger partial charge in [-0.05, 0) is 30.0 Å². The molecule has 0 spiro atoms. The first-order chi connectivity index (χ1) is 11.2. The Kier molecular flexibility index (Phi) is 4.21. The number of aromatic nitrogens is 5. The summed E-state index contributed by atoms with van der Waals surface area (Å²) < 4.78 is 2.66. The van der Waals surface area contributed by atoms with Crippen LogP contribution in [0.4, 0.5) is 0 Å². The van der Waals surface area contributed by atoms with Crippen molar-refractivity contribution in [2.24, 2.45) is 0 Å². The highest BCUT2D eigenvalue weighted by Gasteiger charge is 2.08. The van der Waals surface area contributed by atoms with E-state index in [0.29, 0.717) is 22.8 Å². The normalized spacial score (nSPS) is 11.1. The van der Waals surface area contributed by atoms with Gasteiger partial charge in [-0.1, -0.05) is 23.4 Å². The summed E-state index contributed by atoms with van der Waals surface area (Å²) in [5.74, 6) is 0.441. The van der Waals surface area contributed by atoms with Crippen LogP contribution in [0, 0.1) is 11.3 Å². The second-order valence-electron chi connectivity index (χ2n) is 4.68. The van der Waals surface area contributed by atoms with Crippen molar-refractivity contribution in [1.29, 1.82) is 5.26 Å². The van der Waals surface area contributed by atoms with E-state index in [0.717, 1.165) is 5.56 Å². The van der Waals surface area contributed by atoms with Gasteiger partial charge in [0.15, 0.2) is 5.65 Å². The molecule has 0 N–H and O–H groups in total. The molecule has 114 valence electrons. The third kappa shape index (κ3) is 3.00. The fourth-order valence-electron chi connectivity index (χ4n) is 2.02. The van der Waals surface area contributed by atoms with Gasteiger partial charge in [0.1, 0.15) is 12.0 Å². The third-order valence-electron chi connectivity index (χ3n) is 3.17. The first-order valence-electron chi connectivity index (χ1n) is 6.71. The quantitative estimate of drug-likeness (QED) is 0.725. The summed E-state index contributed by atoms with van der Waals surface area (Å²) in [6.07, 6.45) is 6.95. The van der Waals surface area contributed by atoms with E-state index < -0.39 is 0 Å². The molecule has 0 aliphatic heterocycles. The molecule has 3 aromatic rings. The predicted octanol–water partition coefficient (Wildman–Crippen LogP) is 1.65. The van der Waals surface area contributed by atoms with E-state index in [9.17, 15) is 4.79 Å². The van der Waals surface area contributed by atoms with Crippen molar-refractivity contribution >= 4 is 29.6 Å². The number of benzene rings is 1. The van der Waals surface area contributed by atoms with Crippen LogP contribution in [0.2, 0.25) is 0 Å². The molecule has 0 saturated heterocycles. The van der Waals surface area contributed by atoms with E-state index in [2.05, 4.69) is 21.4 Å². The molecule has 2 heterocycles. The van der Waals surface area contributed by atoms with Crippen molar-refractivity contribution in [3.63, 3.8) is 0 Å². The number of hydrogen-bond acceptors (Lipinski definition) is 6. The minimum absolute atomic E-state index is 0.269. The van der Waals surface area contributed by atoms with Crippen LogP contribution in [0.25, 0.3) is 17.8 Å². The monoisotopic (exact) mass is 324 g/mol. The molecule has 0 fully saturated rings.